The van der Waals surface area contributed by atoms with Crippen molar-refractivity contribution in [2.45, 2.75) is 65.3 Å². The van der Waals surface area contributed by atoms with E-state index in [0.29, 0.717) is 24.2 Å². The highest BCUT2D eigenvalue weighted by molar-refractivity contribution is 5.80. The number of rotatable bonds is 10. The summed E-state index contributed by atoms with van der Waals surface area (Å²) in [6.07, 6.45) is 6.13. The van der Waals surface area contributed by atoms with Crippen molar-refractivity contribution in [2.24, 2.45) is 17.8 Å². The number of hydrogen-bond donors (Lipinski definition) is 2. The van der Waals surface area contributed by atoms with E-state index in [4.69, 9.17) is 10.1 Å². The number of carboxylic acid groups (broad SMARTS) is 1. The minimum Gasteiger partial charge on any atom is -0.481 e. The van der Waals surface area contributed by atoms with Gasteiger partial charge in [-0.05, 0) is 65.8 Å². The molecule has 0 radical (unpaired) electrons. The molecule has 4 aromatic rings. The van der Waals surface area contributed by atoms with E-state index in [-0.39, 0.29) is 5.92 Å². The number of benzene rings is 2. The molecule has 2 aromatic carbocycles. The van der Waals surface area contributed by atoms with Gasteiger partial charge in [0.2, 0.25) is 5.82 Å². The van der Waals surface area contributed by atoms with Crippen LogP contribution in [0.4, 0.5) is 0 Å². The zero-order valence-corrected chi connectivity index (χ0v) is 22.0. The third-order valence-corrected chi connectivity index (χ3v) is 7.52. The standard InChI is InChI=1S/C29H35N7O2/c1-19(2)7-16-26-30-27(17-20-8-14-23(15-9-20)29(37)38)36(33-26)18-21-10-12-22(13-11-21)24-5-3-4-6-25(24)28-31-34-35-32-28/h3-6,10-13,19-20,23H,7-9,14-18H2,1-2H3,(H,37,38)(H,31,32,34,35). The number of aromatic amines is 1. The normalized spacial score (nSPS) is 17.7. The summed E-state index contributed by atoms with van der Waals surface area (Å²) in [6, 6.07) is 16.6. The first-order valence-electron chi connectivity index (χ1n) is 13.5. The molecule has 5 rings (SSSR count). The second-order valence-corrected chi connectivity index (χ2v) is 10.8. The SMILES string of the molecule is CC(C)CCc1nc(CC2CCC(C(=O)O)CC2)n(Cc2ccc(-c3ccccc3-c3nn[nH]n3)cc2)n1. The van der Waals surface area contributed by atoms with Gasteiger partial charge in [-0.15, -0.1) is 10.2 Å². The Hall–Kier alpha value is -3.88. The average molecular weight is 514 g/mol. The smallest absolute Gasteiger partial charge is 0.306 e. The first-order valence-corrected chi connectivity index (χ1v) is 13.5. The van der Waals surface area contributed by atoms with Crippen LogP contribution in [0.5, 0.6) is 0 Å². The lowest BCUT2D eigenvalue weighted by Crippen LogP contribution is -2.23. The van der Waals surface area contributed by atoms with Crippen molar-refractivity contribution in [2.75, 3.05) is 0 Å². The lowest BCUT2D eigenvalue weighted by atomic mass is 9.80. The van der Waals surface area contributed by atoms with E-state index in [9.17, 15) is 9.90 Å². The van der Waals surface area contributed by atoms with Gasteiger partial charge in [-0.2, -0.15) is 10.3 Å². The first-order chi connectivity index (χ1) is 18.5. The number of aromatic nitrogens is 7. The Morgan fingerprint density at radius 3 is 2.45 bits per heavy atom. The Bertz CT molecular complexity index is 1340. The van der Waals surface area contributed by atoms with E-state index in [1.807, 2.05) is 18.2 Å². The van der Waals surface area contributed by atoms with Gasteiger partial charge < -0.3 is 5.11 Å². The highest BCUT2D eigenvalue weighted by Gasteiger charge is 2.27. The molecule has 0 unspecified atom stereocenters. The van der Waals surface area contributed by atoms with Crippen LogP contribution in [0, 0.1) is 17.8 Å². The fourth-order valence-corrected chi connectivity index (χ4v) is 5.27. The van der Waals surface area contributed by atoms with Crippen LogP contribution in [-0.4, -0.2) is 46.5 Å². The summed E-state index contributed by atoms with van der Waals surface area (Å²) in [6.45, 7) is 5.09. The molecule has 38 heavy (non-hydrogen) atoms. The number of aliphatic carboxylic acids is 1. The number of carboxylic acids is 1. The summed E-state index contributed by atoms with van der Waals surface area (Å²) in [5.41, 5.74) is 4.22. The molecular formula is C29H35N7O2. The Morgan fingerprint density at radius 2 is 1.79 bits per heavy atom. The number of H-pyrrole nitrogens is 1. The maximum atomic E-state index is 11.4. The second-order valence-electron chi connectivity index (χ2n) is 10.8. The van der Waals surface area contributed by atoms with Crippen LogP contribution < -0.4 is 0 Å². The molecule has 1 aliphatic carbocycles. The number of hydrogen-bond acceptors (Lipinski definition) is 6. The molecule has 0 amide bonds. The summed E-state index contributed by atoms with van der Waals surface area (Å²) < 4.78 is 2.06. The number of tetrazole rings is 1. The summed E-state index contributed by atoms with van der Waals surface area (Å²) in [7, 11) is 0. The molecule has 2 aromatic heterocycles. The molecule has 0 atom stereocenters. The molecule has 1 aliphatic rings. The van der Waals surface area contributed by atoms with E-state index in [1.165, 1.54) is 0 Å². The lowest BCUT2D eigenvalue weighted by molar-refractivity contribution is -0.143. The van der Waals surface area contributed by atoms with Crippen LogP contribution in [0.2, 0.25) is 0 Å². The van der Waals surface area contributed by atoms with Crippen LogP contribution in [0.1, 0.15) is 63.2 Å². The van der Waals surface area contributed by atoms with Gasteiger partial charge in [-0.3, -0.25) is 4.79 Å². The molecule has 2 heterocycles. The molecule has 0 spiro atoms. The van der Waals surface area contributed by atoms with Crippen molar-refractivity contribution in [3.05, 3.63) is 65.7 Å². The summed E-state index contributed by atoms with van der Waals surface area (Å²) in [5.74, 6) is 2.67. The summed E-state index contributed by atoms with van der Waals surface area (Å²) in [4.78, 5) is 16.3. The molecule has 1 saturated carbocycles. The molecule has 9 nitrogen and oxygen atoms in total. The van der Waals surface area contributed by atoms with Gasteiger partial charge in [0.25, 0.3) is 0 Å². The summed E-state index contributed by atoms with van der Waals surface area (Å²) >= 11 is 0. The van der Waals surface area contributed by atoms with E-state index in [0.717, 1.165) is 78.8 Å². The predicted molar refractivity (Wildman–Crippen MR) is 144 cm³/mol. The minimum absolute atomic E-state index is 0.200. The average Bonchev–Trinajstić information content (AvgIpc) is 3.59. The van der Waals surface area contributed by atoms with E-state index in [2.05, 4.69) is 69.5 Å². The van der Waals surface area contributed by atoms with E-state index >= 15 is 0 Å². The van der Waals surface area contributed by atoms with Gasteiger partial charge in [-0.25, -0.2) is 9.67 Å². The zero-order chi connectivity index (χ0) is 26.5. The molecule has 0 aliphatic heterocycles. The molecular weight excluding hydrogens is 478 g/mol. The van der Waals surface area contributed by atoms with Gasteiger partial charge >= 0.3 is 5.97 Å². The number of nitrogens with zero attached hydrogens (tertiary/aromatic N) is 6. The molecule has 1 fully saturated rings. The highest BCUT2D eigenvalue weighted by Crippen LogP contribution is 2.32. The first kappa shape index (κ1) is 25.8. The fraction of sp³-hybridized carbons (Fsp3) is 0.448. The molecule has 198 valence electrons. The molecule has 0 saturated heterocycles. The zero-order valence-electron chi connectivity index (χ0n) is 22.0. The highest BCUT2D eigenvalue weighted by atomic mass is 16.4. The van der Waals surface area contributed by atoms with Gasteiger partial charge in [0.15, 0.2) is 5.82 Å². The third kappa shape index (κ3) is 6.15. The largest absolute Gasteiger partial charge is 0.481 e. The number of nitrogens with one attached hydrogen (secondary N) is 1. The Morgan fingerprint density at radius 1 is 1.05 bits per heavy atom. The fourth-order valence-electron chi connectivity index (χ4n) is 5.27. The monoisotopic (exact) mass is 513 g/mol. The third-order valence-electron chi connectivity index (χ3n) is 7.52. The van der Waals surface area contributed by atoms with E-state index < -0.39 is 5.97 Å². The number of aryl methyl sites for hydroxylation is 1. The van der Waals surface area contributed by atoms with Gasteiger partial charge in [0.05, 0.1) is 12.5 Å². The van der Waals surface area contributed by atoms with Crippen LogP contribution in [0.3, 0.4) is 0 Å². The van der Waals surface area contributed by atoms with Crippen molar-refractivity contribution in [3.8, 4) is 22.5 Å². The van der Waals surface area contributed by atoms with Gasteiger partial charge in [0, 0.05) is 18.4 Å². The summed E-state index contributed by atoms with van der Waals surface area (Å²) in [5, 5.41) is 28.8. The van der Waals surface area contributed by atoms with Crippen molar-refractivity contribution in [1.82, 2.24) is 35.4 Å². The van der Waals surface area contributed by atoms with Crippen molar-refractivity contribution < 1.29 is 9.90 Å². The Balaban J connectivity index is 1.33. The van der Waals surface area contributed by atoms with Gasteiger partial charge in [0.1, 0.15) is 5.82 Å². The van der Waals surface area contributed by atoms with Crippen molar-refractivity contribution >= 4 is 5.97 Å². The van der Waals surface area contributed by atoms with Crippen LogP contribution in [0.15, 0.2) is 48.5 Å². The van der Waals surface area contributed by atoms with Crippen LogP contribution >= 0.6 is 0 Å². The second kappa shape index (κ2) is 11.7. The Labute approximate surface area is 222 Å². The molecule has 0 bridgehead atoms. The van der Waals surface area contributed by atoms with Crippen molar-refractivity contribution in [3.63, 3.8) is 0 Å². The maximum absolute atomic E-state index is 11.4. The topological polar surface area (TPSA) is 122 Å². The maximum Gasteiger partial charge on any atom is 0.306 e. The Kier molecular flexibility index (Phi) is 7.91. The van der Waals surface area contributed by atoms with Gasteiger partial charge in [-0.1, -0.05) is 62.4 Å². The lowest BCUT2D eigenvalue weighted by Gasteiger charge is -2.25. The van der Waals surface area contributed by atoms with Crippen LogP contribution in [-0.2, 0) is 24.2 Å². The molecule has 2 N–H and O–H groups in total. The van der Waals surface area contributed by atoms with E-state index in [1.54, 1.807) is 0 Å². The predicted octanol–water partition coefficient (Wildman–Crippen LogP) is 5.20. The van der Waals surface area contributed by atoms with Crippen LogP contribution in [0.25, 0.3) is 22.5 Å². The number of carbonyl (C=O) groups is 1. The van der Waals surface area contributed by atoms with Crippen molar-refractivity contribution in [1.29, 1.82) is 0 Å². The molecule has 9 heteroatoms. The quantitative estimate of drug-likeness (QED) is 0.299. The minimum atomic E-state index is -0.661.